The third-order valence-corrected chi connectivity index (χ3v) is 3.47. The van der Waals surface area contributed by atoms with Crippen molar-refractivity contribution < 1.29 is 17.9 Å². The molecule has 2 N–H and O–H groups in total. The molecule has 0 aliphatic heterocycles. The van der Waals surface area contributed by atoms with Crippen LogP contribution >= 0.6 is 47.3 Å². The van der Waals surface area contributed by atoms with Crippen molar-refractivity contribution in [1.29, 1.82) is 0 Å². The van der Waals surface area contributed by atoms with Crippen molar-refractivity contribution in [2.45, 2.75) is 6.18 Å². The first-order valence-corrected chi connectivity index (χ1v) is 8.44. The first kappa shape index (κ1) is 23.4. The lowest BCUT2D eigenvalue weighted by atomic mass is 10.3. The number of ether oxygens (including phenoxy) is 1. The fourth-order valence-corrected chi connectivity index (χ4v) is 2.02. The first-order valence-electron chi connectivity index (χ1n) is 6.67. The molecule has 0 amide bonds. The Morgan fingerprint density at radius 3 is 2.58 bits per heavy atom. The molecule has 0 atom stereocenters. The summed E-state index contributed by atoms with van der Waals surface area (Å²) >= 11 is 7.45. The molecule has 1 heterocycles. The van der Waals surface area contributed by atoms with E-state index in [1.54, 1.807) is 18.8 Å². The molecule has 5 nitrogen and oxygen atoms in total. The molecule has 0 bridgehead atoms. The number of nitrogens with zero attached hydrogens (tertiary/aromatic N) is 2. The Morgan fingerprint density at radius 2 is 2.04 bits per heavy atom. The summed E-state index contributed by atoms with van der Waals surface area (Å²) in [5, 5.41) is 5.93. The average molecular weight is 499 g/mol. The number of nitrogens with one attached hydrogen (secondary N) is 2. The van der Waals surface area contributed by atoms with Gasteiger partial charge in [0.05, 0.1) is 12.1 Å². The van der Waals surface area contributed by atoms with Gasteiger partial charge in [-0.2, -0.15) is 24.9 Å². The van der Waals surface area contributed by atoms with Gasteiger partial charge in [-0.25, -0.2) is 4.98 Å². The van der Waals surface area contributed by atoms with Crippen LogP contribution in [0.1, 0.15) is 5.56 Å². The minimum Gasteiger partial charge on any atom is -0.475 e. The zero-order valence-corrected chi connectivity index (χ0v) is 17.0. The minimum absolute atomic E-state index is 0. The highest BCUT2D eigenvalue weighted by atomic mass is 127. The molecule has 0 radical (unpaired) electrons. The van der Waals surface area contributed by atoms with Crippen LogP contribution in [-0.4, -0.2) is 49.7 Å². The third kappa shape index (κ3) is 8.47. The smallest absolute Gasteiger partial charge is 0.417 e. The van der Waals surface area contributed by atoms with Crippen molar-refractivity contribution in [2.75, 3.05) is 38.8 Å². The number of halogens is 5. The van der Waals surface area contributed by atoms with Gasteiger partial charge in [-0.05, 0) is 12.3 Å². The van der Waals surface area contributed by atoms with Crippen molar-refractivity contribution in [2.24, 2.45) is 4.99 Å². The van der Waals surface area contributed by atoms with Gasteiger partial charge in [-0.3, -0.25) is 4.99 Å². The maximum atomic E-state index is 12.5. The van der Waals surface area contributed by atoms with Gasteiger partial charge in [0.1, 0.15) is 11.6 Å². The third-order valence-electron chi connectivity index (χ3n) is 2.59. The molecule has 0 fully saturated rings. The highest BCUT2D eigenvalue weighted by molar-refractivity contribution is 14.0. The van der Waals surface area contributed by atoms with Gasteiger partial charge >= 0.3 is 6.18 Å². The summed E-state index contributed by atoms with van der Waals surface area (Å²) in [6.07, 6.45) is -1.78. The molecule has 1 aromatic rings. The summed E-state index contributed by atoms with van der Waals surface area (Å²) in [6.45, 7) is 1.35. The predicted octanol–water partition coefficient (Wildman–Crippen LogP) is 3.28. The van der Waals surface area contributed by atoms with Crippen LogP contribution in [0.5, 0.6) is 5.88 Å². The number of hydrogen-bond acceptors (Lipinski definition) is 4. The molecule has 0 aromatic carbocycles. The average Bonchev–Trinajstić information content (AvgIpc) is 2.50. The number of pyridine rings is 1. The molecule has 1 aromatic heterocycles. The van der Waals surface area contributed by atoms with Crippen LogP contribution in [0.2, 0.25) is 5.02 Å². The topological polar surface area (TPSA) is 58.5 Å². The Labute approximate surface area is 165 Å². The fourth-order valence-electron chi connectivity index (χ4n) is 1.50. The molecule has 11 heteroatoms. The minimum atomic E-state index is -4.48. The Balaban J connectivity index is 0.00000529. The Bertz CT molecular complexity index is 534. The lowest BCUT2D eigenvalue weighted by Crippen LogP contribution is -2.40. The van der Waals surface area contributed by atoms with Gasteiger partial charge in [-0.15, -0.1) is 24.0 Å². The largest absolute Gasteiger partial charge is 0.475 e. The van der Waals surface area contributed by atoms with Gasteiger partial charge < -0.3 is 15.4 Å². The summed E-state index contributed by atoms with van der Waals surface area (Å²) in [6, 6.07) is 0.792. The molecule has 0 spiro atoms. The van der Waals surface area contributed by atoms with Crippen molar-refractivity contribution >= 4 is 53.3 Å². The highest BCUT2D eigenvalue weighted by Crippen LogP contribution is 2.32. The van der Waals surface area contributed by atoms with Crippen LogP contribution in [-0.2, 0) is 6.18 Å². The molecule has 0 aliphatic rings. The molecule has 0 saturated carbocycles. The van der Waals surface area contributed by atoms with E-state index in [-0.39, 0.29) is 41.5 Å². The second-order valence-electron chi connectivity index (χ2n) is 4.28. The lowest BCUT2D eigenvalue weighted by molar-refractivity contribution is -0.137. The van der Waals surface area contributed by atoms with E-state index >= 15 is 0 Å². The van der Waals surface area contributed by atoms with Crippen LogP contribution in [0.15, 0.2) is 17.3 Å². The molecule has 0 unspecified atom stereocenters. The number of aromatic nitrogens is 1. The number of thioether (sulfide) groups is 1. The number of hydrogen-bond donors (Lipinski definition) is 2. The Hall–Kier alpha value is -0.620. The summed E-state index contributed by atoms with van der Waals surface area (Å²) in [7, 11) is 1.64. The molecule has 0 aliphatic carbocycles. The molecular weight excluding hydrogens is 480 g/mol. The summed E-state index contributed by atoms with van der Waals surface area (Å²) in [5.41, 5.74) is -0.911. The second kappa shape index (κ2) is 11.9. The summed E-state index contributed by atoms with van der Waals surface area (Å²) in [5.74, 6) is 1.53. The summed E-state index contributed by atoms with van der Waals surface area (Å²) in [4.78, 5) is 7.62. The van der Waals surface area contributed by atoms with Crippen molar-refractivity contribution in [1.82, 2.24) is 15.6 Å². The van der Waals surface area contributed by atoms with Crippen LogP contribution in [0.25, 0.3) is 0 Å². The number of rotatable bonds is 7. The Morgan fingerprint density at radius 1 is 1.38 bits per heavy atom. The van der Waals surface area contributed by atoms with Gasteiger partial charge in [0.25, 0.3) is 0 Å². The zero-order valence-electron chi connectivity index (χ0n) is 13.1. The van der Waals surface area contributed by atoms with Crippen LogP contribution in [0.3, 0.4) is 0 Å². The van der Waals surface area contributed by atoms with Crippen molar-refractivity contribution in [3.63, 3.8) is 0 Å². The SMILES string of the molecule is CN=C(NCCOc1ncc(C(F)(F)F)cc1Cl)NCCSC.I. The predicted molar refractivity (Wildman–Crippen MR) is 103 cm³/mol. The van der Waals surface area contributed by atoms with Gasteiger partial charge in [0.15, 0.2) is 5.96 Å². The Kier molecular flexibility index (Phi) is 11.5. The van der Waals surface area contributed by atoms with E-state index in [0.29, 0.717) is 18.7 Å². The fraction of sp³-hybridized carbons (Fsp3) is 0.538. The van der Waals surface area contributed by atoms with E-state index in [2.05, 4.69) is 20.6 Å². The van der Waals surface area contributed by atoms with E-state index in [1.165, 1.54) is 0 Å². The first-order chi connectivity index (χ1) is 10.9. The van der Waals surface area contributed by atoms with E-state index in [0.717, 1.165) is 18.4 Å². The number of alkyl halides is 3. The van der Waals surface area contributed by atoms with Crippen molar-refractivity contribution in [3.8, 4) is 5.88 Å². The zero-order chi connectivity index (χ0) is 17.3. The molecule has 0 saturated heterocycles. The van der Waals surface area contributed by atoms with Crippen LogP contribution in [0.4, 0.5) is 13.2 Å². The summed E-state index contributed by atoms with van der Waals surface area (Å²) < 4.78 is 42.7. The van der Waals surface area contributed by atoms with E-state index in [9.17, 15) is 13.2 Å². The van der Waals surface area contributed by atoms with Gasteiger partial charge in [0.2, 0.25) is 5.88 Å². The number of guanidine groups is 1. The lowest BCUT2D eigenvalue weighted by Gasteiger charge is -2.13. The van der Waals surface area contributed by atoms with Crippen LogP contribution < -0.4 is 15.4 Å². The van der Waals surface area contributed by atoms with E-state index in [4.69, 9.17) is 16.3 Å². The maximum Gasteiger partial charge on any atom is 0.417 e. The van der Waals surface area contributed by atoms with E-state index < -0.39 is 11.7 Å². The van der Waals surface area contributed by atoms with E-state index in [1.807, 2.05) is 6.26 Å². The van der Waals surface area contributed by atoms with Gasteiger partial charge in [0, 0.05) is 25.5 Å². The second-order valence-corrected chi connectivity index (χ2v) is 5.67. The van der Waals surface area contributed by atoms with Crippen molar-refractivity contribution in [3.05, 3.63) is 22.8 Å². The maximum absolute atomic E-state index is 12.5. The number of aliphatic imine (C=N–C) groups is 1. The monoisotopic (exact) mass is 498 g/mol. The standard InChI is InChI=1S/C13H18ClF3N4OS.HI/c1-18-12(20-4-6-23-2)19-3-5-22-11-10(14)7-9(8-21-11)13(15,16)17;/h7-8H,3-6H2,1-2H3,(H2,18,19,20);1H. The van der Waals surface area contributed by atoms with Crippen LogP contribution in [0, 0.1) is 0 Å². The van der Waals surface area contributed by atoms with Gasteiger partial charge in [-0.1, -0.05) is 11.6 Å². The highest BCUT2D eigenvalue weighted by Gasteiger charge is 2.31. The molecule has 1 rings (SSSR count). The quantitative estimate of drug-likeness (QED) is 0.262. The molecular formula is C13H19ClF3IN4OS. The molecule has 24 heavy (non-hydrogen) atoms. The molecule has 138 valence electrons. The normalized spacial score (nSPS) is 11.7.